The number of piperidine rings is 1. The fraction of sp³-hybridized carbons (Fsp3) is 0.333. The molecule has 1 fully saturated rings. The highest BCUT2D eigenvalue weighted by Gasteiger charge is 2.34. The molecule has 34 heavy (non-hydrogen) atoms. The molecule has 0 amide bonds. The van der Waals surface area contributed by atoms with Crippen LogP contribution in [0, 0.1) is 0 Å². The van der Waals surface area contributed by atoms with Crippen molar-refractivity contribution in [2.75, 3.05) is 26.4 Å². The Labute approximate surface area is 204 Å². The predicted octanol–water partition coefficient (Wildman–Crippen LogP) is 3.92. The standard InChI is InChI=1S/C22H24BrFN2O2.C2H2O4/c23-18-6-4-17(5-7-18)22(27)8-11-26(12-9-22)15-16-14-25-19-2-1-3-20(21(16)19)28-13-10-24;3-1(4)2(5)6/h1-7,14,25,27H,8-13,15H2;(H,3,4)(H,5,6). The van der Waals surface area contributed by atoms with Crippen molar-refractivity contribution in [3.8, 4) is 5.75 Å². The van der Waals surface area contributed by atoms with Crippen LogP contribution in [0.3, 0.4) is 0 Å². The molecule has 0 spiro atoms. The predicted molar refractivity (Wildman–Crippen MR) is 128 cm³/mol. The molecule has 4 rings (SSSR count). The maximum Gasteiger partial charge on any atom is 0.414 e. The number of aliphatic hydroxyl groups is 1. The van der Waals surface area contributed by atoms with Crippen molar-refractivity contribution < 1.29 is 34.0 Å². The summed E-state index contributed by atoms with van der Waals surface area (Å²) in [5, 5.41) is 26.9. The van der Waals surface area contributed by atoms with Gasteiger partial charge in [0.05, 0.1) is 5.60 Å². The Bertz CT molecular complexity index is 1110. The number of fused-ring (bicyclic) bond motifs is 1. The first-order valence-electron chi connectivity index (χ1n) is 10.7. The summed E-state index contributed by atoms with van der Waals surface area (Å²) in [6.07, 6.45) is 3.40. The average molecular weight is 537 g/mol. The molecule has 182 valence electrons. The number of aliphatic carboxylic acids is 2. The summed E-state index contributed by atoms with van der Waals surface area (Å²) in [6, 6.07) is 13.7. The number of aromatic nitrogens is 1. The van der Waals surface area contributed by atoms with Crippen molar-refractivity contribution in [3.63, 3.8) is 0 Å². The molecule has 0 bridgehead atoms. The van der Waals surface area contributed by atoms with Gasteiger partial charge in [-0.15, -0.1) is 0 Å². The highest BCUT2D eigenvalue weighted by molar-refractivity contribution is 9.10. The molecule has 1 saturated heterocycles. The van der Waals surface area contributed by atoms with Crippen LogP contribution in [-0.2, 0) is 21.7 Å². The van der Waals surface area contributed by atoms with E-state index in [9.17, 15) is 9.50 Å². The number of rotatable bonds is 6. The number of carboxylic acid groups (broad SMARTS) is 2. The Morgan fingerprint density at radius 3 is 2.32 bits per heavy atom. The zero-order chi connectivity index (χ0) is 24.7. The van der Waals surface area contributed by atoms with Gasteiger partial charge in [-0.2, -0.15) is 0 Å². The van der Waals surface area contributed by atoms with Gasteiger partial charge in [0, 0.05) is 41.2 Å². The largest absolute Gasteiger partial charge is 0.490 e. The summed E-state index contributed by atoms with van der Waals surface area (Å²) >= 11 is 3.45. The van der Waals surface area contributed by atoms with Crippen LogP contribution in [0.1, 0.15) is 24.0 Å². The van der Waals surface area contributed by atoms with E-state index in [0.29, 0.717) is 12.8 Å². The third kappa shape index (κ3) is 6.34. The topological polar surface area (TPSA) is 123 Å². The summed E-state index contributed by atoms with van der Waals surface area (Å²) in [4.78, 5) is 23.8. The van der Waals surface area contributed by atoms with E-state index in [2.05, 4.69) is 25.8 Å². The minimum absolute atomic E-state index is 0.0632. The molecule has 0 saturated carbocycles. The molecule has 0 atom stereocenters. The van der Waals surface area contributed by atoms with Gasteiger partial charge >= 0.3 is 11.9 Å². The van der Waals surface area contributed by atoms with E-state index >= 15 is 0 Å². The van der Waals surface area contributed by atoms with Gasteiger partial charge in [0.15, 0.2) is 0 Å². The van der Waals surface area contributed by atoms with Gasteiger partial charge in [0.2, 0.25) is 0 Å². The number of hydrogen-bond donors (Lipinski definition) is 4. The van der Waals surface area contributed by atoms with E-state index in [1.165, 1.54) is 0 Å². The van der Waals surface area contributed by atoms with Gasteiger partial charge in [0.25, 0.3) is 0 Å². The molecule has 4 N–H and O–H groups in total. The molecule has 0 radical (unpaired) electrons. The number of aromatic amines is 1. The van der Waals surface area contributed by atoms with E-state index in [0.717, 1.165) is 51.9 Å². The first-order chi connectivity index (χ1) is 16.2. The Kier molecular flexibility index (Phi) is 8.65. The summed E-state index contributed by atoms with van der Waals surface area (Å²) in [6.45, 7) is 1.95. The molecule has 0 unspecified atom stereocenters. The van der Waals surface area contributed by atoms with Crippen LogP contribution in [0.15, 0.2) is 53.1 Å². The number of likely N-dealkylation sites (tertiary alicyclic amines) is 1. The first kappa shape index (κ1) is 25.7. The second kappa shape index (κ2) is 11.5. The molecule has 2 heterocycles. The lowest BCUT2D eigenvalue weighted by atomic mass is 9.84. The summed E-state index contributed by atoms with van der Waals surface area (Å²) in [7, 11) is 0. The number of nitrogens with zero attached hydrogens (tertiary/aromatic N) is 1. The van der Waals surface area contributed by atoms with Crippen LogP contribution in [0.25, 0.3) is 10.9 Å². The van der Waals surface area contributed by atoms with E-state index < -0.39 is 24.2 Å². The zero-order valence-electron chi connectivity index (χ0n) is 18.3. The lowest BCUT2D eigenvalue weighted by molar-refractivity contribution is -0.159. The van der Waals surface area contributed by atoms with Gasteiger partial charge in [-0.05, 0) is 48.2 Å². The van der Waals surface area contributed by atoms with Crippen LogP contribution in [-0.4, -0.2) is 63.5 Å². The Balaban J connectivity index is 0.000000481. The first-order valence-corrected chi connectivity index (χ1v) is 11.5. The highest BCUT2D eigenvalue weighted by atomic mass is 79.9. The molecular weight excluding hydrogens is 511 g/mol. The fourth-order valence-electron chi connectivity index (χ4n) is 3.98. The van der Waals surface area contributed by atoms with E-state index in [4.69, 9.17) is 24.5 Å². The van der Waals surface area contributed by atoms with Crippen molar-refractivity contribution in [2.24, 2.45) is 0 Å². The fourth-order valence-corrected chi connectivity index (χ4v) is 4.25. The number of nitrogens with one attached hydrogen (secondary N) is 1. The third-order valence-electron chi connectivity index (χ3n) is 5.73. The second-order valence-electron chi connectivity index (χ2n) is 7.95. The van der Waals surface area contributed by atoms with Crippen LogP contribution in [0.5, 0.6) is 5.75 Å². The molecule has 0 aliphatic carbocycles. The molecule has 1 aliphatic rings. The molecular formula is C24H26BrFN2O6. The van der Waals surface area contributed by atoms with E-state index in [1.807, 2.05) is 48.7 Å². The van der Waals surface area contributed by atoms with Gasteiger partial charge in [-0.3, -0.25) is 4.90 Å². The Morgan fingerprint density at radius 2 is 1.74 bits per heavy atom. The van der Waals surface area contributed by atoms with Crippen molar-refractivity contribution in [1.29, 1.82) is 0 Å². The number of halogens is 2. The summed E-state index contributed by atoms with van der Waals surface area (Å²) in [5.74, 6) is -2.93. The van der Waals surface area contributed by atoms with Crippen LogP contribution >= 0.6 is 15.9 Å². The van der Waals surface area contributed by atoms with Crippen molar-refractivity contribution in [2.45, 2.75) is 25.0 Å². The Hall–Kier alpha value is -2.95. The molecule has 1 aromatic heterocycles. The van der Waals surface area contributed by atoms with Crippen molar-refractivity contribution in [1.82, 2.24) is 9.88 Å². The summed E-state index contributed by atoms with van der Waals surface area (Å²) in [5.41, 5.74) is 2.34. The average Bonchev–Trinajstić information content (AvgIpc) is 3.23. The lowest BCUT2D eigenvalue weighted by Crippen LogP contribution is -2.42. The van der Waals surface area contributed by atoms with E-state index in [-0.39, 0.29) is 6.61 Å². The third-order valence-corrected chi connectivity index (χ3v) is 6.25. The normalized spacial score (nSPS) is 15.4. The Morgan fingerprint density at radius 1 is 1.09 bits per heavy atom. The lowest BCUT2D eigenvalue weighted by Gasteiger charge is -2.38. The SMILES string of the molecule is O=C(O)C(=O)O.OC1(c2ccc(Br)cc2)CCN(Cc2c[nH]c3cccc(OCCF)c23)CC1. The number of carbonyl (C=O) groups is 2. The quantitative estimate of drug-likeness (QED) is 0.352. The minimum atomic E-state index is -1.82. The number of carboxylic acids is 2. The van der Waals surface area contributed by atoms with Gasteiger partial charge in [0.1, 0.15) is 19.0 Å². The van der Waals surface area contributed by atoms with Gasteiger partial charge < -0.3 is 25.0 Å². The van der Waals surface area contributed by atoms with Crippen LogP contribution in [0.2, 0.25) is 0 Å². The van der Waals surface area contributed by atoms with Crippen molar-refractivity contribution >= 4 is 38.8 Å². The molecule has 10 heteroatoms. The van der Waals surface area contributed by atoms with Crippen LogP contribution in [0.4, 0.5) is 4.39 Å². The zero-order valence-corrected chi connectivity index (χ0v) is 19.9. The monoisotopic (exact) mass is 536 g/mol. The minimum Gasteiger partial charge on any atom is -0.490 e. The number of alkyl halides is 1. The number of H-pyrrole nitrogens is 1. The molecule has 2 aromatic carbocycles. The number of hydrogen-bond acceptors (Lipinski definition) is 5. The molecule has 3 aromatic rings. The number of ether oxygens (including phenoxy) is 1. The van der Waals surface area contributed by atoms with E-state index in [1.54, 1.807) is 0 Å². The smallest absolute Gasteiger partial charge is 0.414 e. The second-order valence-corrected chi connectivity index (χ2v) is 8.87. The number of benzene rings is 2. The van der Waals surface area contributed by atoms with Crippen molar-refractivity contribution in [3.05, 3.63) is 64.3 Å². The molecule has 1 aliphatic heterocycles. The molecule has 8 nitrogen and oxygen atoms in total. The highest BCUT2D eigenvalue weighted by Crippen LogP contribution is 2.35. The van der Waals surface area contributed by atoms with Gasteiger partial charge in [-0.25, -0.2) is 14.0 Å². The maximum atomic E-state index is 12.5. The maximum absolute atomic E-state index is 12.5. The van der Waals surface area contributed by atoms with Gasteiger partial charge in [-0.1, -0.05) is 34.1 Å². The summed E-state index contributed by atoms with van der Waals surface area (Å²) < 4.78 is 19.2. The van der Waals surface area contributed by atoms with Crippen LogP contribution < -0.4 is 4.74 Å².